The van der Waals surface area contributed by atoms with Crippen molar-refractivity contribution in [2.45, 2.75) is 12.8 Å². The first-order valence-corrected chi connectivity index (χ1v) is 4.65. The van der Waals surface area contributed by atoms with Gasteiger partial charge in [-0.05, 0) is 25.1 Å². The first-order chi connectivity index (χ1) is 6.25. The highest BCUT2D eigenvalue weighted by atomic mass is 32.1. The van der Waals surface area contributed by atoms with Crippen LogP contribution in [-0.2, 0) is 0 Å². The molecule has 0 radical (unpaired) electrons. The van der Waals surface area contributed by atoms with Crippen LogP contribution < -0.4 is 10.6 Å². The lowest BCUT2D eigenvalue weighted by molar-refractivity contribution is 0.878. The number of aromatic amines is 1. The van der Waals surface area contributed by atoms with E-state index in [1.165, 1.54) is 12.8 Å². The lowest BCUT2D eigenvalue weighted by Gasteiger charge is -2.15. The third-order valence-corrected chi connectivity index (χ3v) is 2.25. The Labute approximate surface area is 81.0 Å². The average molecular weight is 197 g/mol. The molecule has 1 aromatic rings. The second kappa shape index (κ2) is 3.29. The van der Waals surface area contributed by atoms with Crippen molar-refractivity contribution in [2.24, 2.45) is 0 Å². The van der Waals surface area contributed by atoms with E-state index in [2.05, 4.69) is 19.9 Å². The highest BCUT2D eigenvalue weighted by Gasteiger charge is 2.14. The summed E-state index contributed by atoms with van der Waals surface area (Å²) in [5.74, 6) is 1.08. The van der Waals surface area contributed by atoms with Gasteiger partial charge in [0.25, 0.3) is 0 Å². The second-order valence-corrected chi connectivity index (χ2v) is 3.40. The first-order valence-electron chi connectivity index (χ1n) is 4.24. The van der Waals surface area contributed by atoms with Gasteiger partial charge in [0.2, 0.25) is 16.7 Å². The molecule has 5 nitrogen and oxygen atoms in total. The summed E-state index contributed by atoms with van der Waals surface area (Å²) < 4.78 is 0.304. The lowest BCUT2D eigenvalue weighted by Crippen LogP contribution is -2.21. The van der Waals surface area contributed by atoms with Crippen molar-refractivity contribution in [1.82, 2.24) is 15.0 Å². The number of nitrogens with one attached hydrogen (secondary N) is 1. The molecule has 0 aromatic carbocycles. The van der Waals surface area contributed by atoms with E-state index in [-0.39, 0.29) is 0 Å². The van der Waals surface area contributed by atoms with Gasteiger partial charge < -0.3 is 10.6 Å². The monoisotopic (exact) mass is 197 g/mol. The van der Waals surface area contributed by atoms with Crippen LogP contribution in [0.15, 0.2) is 0 Å². The molecule has 0 amide bonds. The molecule has 1 aromatic heterocycles. The van der Waals surface area contributed by atoms with E-state index in [1.807, 2.05) is 0 Å². The van der Waals surface area contributed by atoms with Crippen molar-refractivity contribution in [1.29, 1.82) is 0 Å². The van der Waals surface area contributed by atoms with Gasteiger partial charge in [0, 0.05) is 13.1 Å². The normalized spacial score (nSPS) is 16.5. The maximum absolute atomic E-state index is 5.53. The van der Waals surface area contributed by atoms with Crippen LogP contribution >= 0.6 is 12.2 Å². The fourth-order valence-corrected chi connectivity index (χ4v) is 1.65. The molecule has 0 atom stereocenters. The second-order valence-electron chi connectivity index (χ2n) is 3.03. The molecule has 0 saturated carbocycles. The van der Waals surface area contributed by atoms with Gasteiger partial charge in [0.05, 0.1) is 0 Å². The van der Waals surface area contributed by atoms with E-state index in [4.69, 9.17) is 18.0 Å². The fraction of sp³-hybridized carbons (Fsp3) is 0.571. The van der Waals surface area contributed by atoms with Crippen LogP contribution in [0.2, 0.25) is 0 Å². The van der Waals surface area contributed by atoms with Crippen LogP contribution in [-0.4, -0.2) is 28.0 Å². The number of H-pyrrole nitrogens is 1. The number of nitrogens with two attached hydrogens (primary N) is 1. The maximum Gasteiger partial charge on any atom is 0.225 e. The zero-order chi connectivity index (χ0) is 9.26. The van der Waals surface area contributed by atoms with E-state index in [0.717, 1.165) is 19.0 Å². The predicted octanol–water partition coefficient (Wildman–Crippen LogP) is 0.717. The topological polar surface area (TPSA) is 70.8 Å². The van der Waals surface area contributed by atoms with Gasteiger partial charge in [-0.25, -0.2) is 0 Å². The molecule has 0 aliphatic carbocycles. The molecule has 2 rings (SSSR count). The largest absolute Gasteiger partial charge is 0.369 e. The number of nitrogens with zero attached hydrogens (tertiary/aromatic N) is 3. The highest BCUT2D eigenvalue weighted by Crippen LogP contribution is 2.14. The molecule has 3 N–H and O–H groups in total. The van der Waals surface area contributed by atoms with Crippen LogP contribution in [0.1, 0.15) is 12.8 Å². The summed E-state index contributed by atoms with van der Waals surface area (Å²) in [4.78, 5) is 13.0. The van der Waals surface area contributed by atoms with Crippen LogP contribution in [0.4, 0.5) is 11.9 Å². The van der Waals surface area contributed by atoms with Gasteiger partial charge >= 0.3 is 0 Å². The maximum atomic E-state index is 5.53. The molecule has 2 heterocycles. The zero-order valence-corrected chi connectivity index (χ0v) is 7.97. The SMILES string of the molecule is Nc1nc(=S)nc(N2CCCC2)[nH]1. The molecule has 1 aliphatic rings. The van der Waals surface area contributed by atoms with E-state index in [9.17, 15) is 0 Å². The Balaban J connectivity index is 2.33. The van der Waals surface area contributed by atoms with Crippen molar-refractivity contribution in [2.75, 3.05) is 23.7 Å². The van der Waals surface area contributed by atoms with Crippen molar-refractivity contribution in [3.8, 4) is 0 Å². The number of anilines is 2. The minimum Gasteiger partial charge on any atom is -0.369 e. The first kappa shape index (κ1) is 8.43. The smallest absolute Gasteiger partial charge is 0.225 e. The molecule has 0 unspecified atom stereocenters. The average Bonchev–Trinajstić information content (AvgIpc) is 2.53. The quantitative estimate of drug-likeness (QED) is 0.649. The summed E-state index contributed by atoms with van der Waals surface area (Å²) in [6.07, 6.45) is 2.40. The summed E-state index contributed by atoms with van der Waals surface area (Å²) >= 11 is 4.87. The molecule has 1 fully saturated rings. The molecular weight excluding hydrogens is 186 g/mol. The molecule has 1 saturated heterocycles. The Hall–Kier alpha value is -1.17. The van der Waals surface area contributed by atoms with E-state index in [0.29, 0.717) is 10.7 Å². The molecule has 13 heavy (non-hydrogen) atoms. The van der Waals surface area contributed by atoms with Gasteiger partial charge in [-0.2, -0.15) is 9.97 Å². The lowest BCUT2D eigenvalue weighted by atomic mass is 10.4. The van der Waals surface area contributed by atoms with Gasteiger partial charge in [-0.3, -0.25) is 4.98 Å². The third-order valence-electron chi connectivity index (χ3n) is 2.06. The molecule has 0 bridgehead atoms. The molecule has 70 valence electrons. The number of rotatable bonds is 1. The standard InChI is InChI=1S/C7H11N5S/c8-5-9-6(11-7(13)10-5)12-3-1-2-4-12/h1-4H2,(H3,8,9,10,11,13). The van der Waals surface area contributed by atoms with Crippen LogP contribution in [0, 0.1) is 4.77 Å². The van der Waals surface area contributed by atoms with E-state index >= 15 is 0 Å². The van der Waals surface area contributed by atoms with E-state index in [1.54, 1.807) is 0 Å². The van der Waals surface area contributed by atoms with Gasteiger partial charge in [0.1, 0.15) is 0 Å². The molecular formula is C7H11N5S. The summed E-state index contributed by atoms with van der Waals surface area (Å²) in [5, 5.41) is 0. The summed E-state index contributed by atoms with van der Waals surface area (Å²) in [6.45, 7) is 2.03. The fourth-order valence-electron chi connectivity index (χ4n) is 1.47. The van der Waals surface area contributed by atoms with Crippen LogP contribution in [0.3, 0.4) is 0 Å². The number of hydrogen-bond donors (Lipinski definition) is 2. The molecule has 0 spiro atoms. The van der Waals surface area contributed by atoms with E-state index < -0.39 is 0 Å². The summed E-state index contributed by atoms with van der Waals surface area (Å²) in [5.41, 5.74) is 5.53. The Morgan fingerprint density at radius 3 is 2.62 bits per heavy atom. The molecule has 6 heteroatoms. The van der Waals surface area contributed by atoms with Crippen molar-refractivity contribution >= 4 is 24.1 Å². The van der Waals surface area contributed by atoms with Gasteiger partial charge in [-0.1, -0.05) is 0 Å². The number of hydrogen-bond acceptors (Lipinski definition) is 5. The number of aromatic nitrogens is 3. The Morgan fingerprint density at radius 1 is 1.31 bits per heavy atom. The van der Waals surface area contributed by atoms with Gasteiger partial charge in [-0.15, -0.1) is 0 Å². The highest BCUT2D eigenvalue weighted by molar-refractivity contribution is 7.71. The minimum absolute atomic E-state index is 0.304. The van der Waals surface area contributed by atoms with Crippen molar-refractivity contribution in [3.05, 3.63) is 4.77 Å². The van der Waals surface area contributed by atoms with Crippen LogP contribution in [0.25, 0.3) is 0 Å². The minimum atomic E-state index is 0.304. The molecule has 1 aliphatic heterocycles. The summed E-state index contributed by atoms with van der Waals surface area (Å²) in [6, 6.07) is 0. The third kappa shape index (κ3) is 1.77. The van der Waals surface area contributed by atoms with Gasteiger partial charge in [0.15, 0.2) is 0 Å². The van der Waals surface area contributed by atoms with Crippen molar-refractivity contribution < 1.29 is 0 Å². The Bertz CT molecular complexity index is 354. The van der Waals surface area contributed by atoms with Crippen LogP contribution in [0.5, 0.6) is 0 Å². The van der Waals surface area contributed by atoms with Crippen molar-refractivity contribution in [3.63, 3.8) is 0 Å². The number of nitrogen functional groups attached to an aromatic ring is 1. The Morgan fingerprint density at radius 2 is 2.00 bits per heavy atom. The summed E-state index contributed by atoms with van der Waals surface area (Å²) in [7, 11) is 0. The zero-order valence-electron chi connectivity index (χ0n) is 7.16. The Kier molecular flexibility index (Phi) is 2.13. The predicted molar refractivity (Wildman–Crippen MR) is 53.1 cm³/mol.